The van der Waals surface area contributed by atoms with Crippen LogP contribution in [0.5, 0.6) is 17.2 Å². The molecule has 0 bridgehead atoms. The minimum absolute atomic E-state index is 0.236. The van der Waals surface area contributed by atoms with E-state index in [0.29, 0.717) is 35.5 Å². The van der Waals surface area contributed by atoms with Gasteiger partial charge in [0.25, 0.3) is 11.9 Å². The van der Waals surface area contributed by atoms with Gasteiger partial charge in [-0.1, -0.05) is 37.5 Å². The van der Waals surface area contributed by atoms with Gasteiger partial charge >= 0.3 is 0 Å². The Morgan fingerprint density at radius 2 is 1.62 bits per heavy atom. The Hall–Kier alpha value is -5.45. The van der Waals surface area contributed by atoms with Crippen molar-refractivity contribution in [1.82, 2.24) is 19.7 Å². The van der Waals surface area contributed by atoms with Crippen LogP contribution >= 0.6 is 0 Å². The molecule has 1 aliphatic carbocycles. The minimum atomic E-state index is -0.833. The highest BCUT2D eigenvalue weighted by atomic mass is 16.5. The number of nitrogens with one attached hydrogen (secondary N) is 2. The number of ether oxygens (including phenoxy) is 2. The fraction of sp³-hybridized carbons (Fsp3) is 0.265. The summed E-state index contributed by atoms with van der Waals surface area (Å²) in [7, 11) is 1.66. The number of aromatic nitrogens is 4. The molecule has 0 atom stereocenters. The van der Waals surface area contributed by atoms with Gasteiger partial charge in [-0.2, -0.15) is 5.10 Å². The molecular weight excluding hydrogens is 572 g/mol. The van der Waals surface area contributed by atoms with Crippen LogP contribution in [0.4, 0.5) is 11.6 Å². The summed E-state index contributed by atoms with van der Waals surface area (Å²) < 4.78 is 13.6. The maximum Gasteiger partial charge on any atom is 0.300 e. The quantitative estimate of drug-likeness (QED) is 0.165. The van der Waals surface area contributed by atoms with Crippen LogP contribution < -0.4 is 20.1 Å². The van der Waals surface area contributed by atoms with Gasteiger partial charge in [-0.05, 0) is 66.9 Å². The number of carbonyl (C=O) groups is 2. The second-order valence-corrected chi connectivity index (χ2v) is 10.7. The number of methoxy groups -OCH3 is 1. The van der Waals surface area contributed by atoms with Gasteiger partial charge in [0.15, 0.2) is 11.5 Å². The fourth-order valence-electron chi connectivity index (χ4n) is 5.14. The van der Waals surface area contributed by atoms with E-state index in [1.165, 1.54) is 19.3 Å². The second-order valence-electron chi connectivity index (χ2n) is 10.7. The molecule has 232 valence electrons. The highest BCUT2D eigenvalue weighted by Gasteiger charge is 2.21. The van der Waals surface area contributed by atoms with Crippen LogP contribution in [-0.2, 0) is 11.3 Å². The van der Waals surface area contributed by atoms with Crippen molar-refractivity contribution in [2.45, 2.75) is 51.6 Å². The molecule has 1 fully saturated rings. The van der Waals surface area contributed by atoms with Crippen molar-refractivity contribution in [2.24, 2.45) is 0 Å². The third-order valence-corrected chi connectivity index (χ3v) is 7.28. The first-order chi connectivity index (χ1) is 21.9. The lowest BCUT2D eigenvalue weighted by atomic mass is 9.95. The van der Waals surface area contributed by atoms with Crippen molar-refractivity contribution in [1.29, 1.82) is 0 Å². The van der Waals surface area contributed by atoms with E-state index < -0.39 is 5.97 Å². The molecule has 1 saturated carbocycles. The molecule has 5 aromatic rings. The zero-order valence-electron chi connectivity index (χ0n) is 25.3. The number of rotatable bonds is 9. The summed E-state index contributed by atoms with van der Waals surface area (Å²) in [5.41, 5.74) is 2.34. The Kier molecular flexibility index (Phi) is 10.2. The number of anilines is 2. The van der Waals surface area contributed by atoms with Gasteiger partial charge in [-0.25, -0.2) is 14.6 Å². The molecule has 0 radical (unpaired) electrons. The Morgan fingerprint density at radius 3 is 2.29 bits per heavy atom. The number of amides is 1. The zero-order valence-corrected chi connectivity index (χ0v) is 25.3. The third-order valence-electron chi connectivity index (χ3n) is 7.28. The number of benzene rings is 2. The summed E-state index contributed by atoms with van der Waals surface area (Å²) in [6.07, 6.45) is 9.31. The van der Waals surface area contributed by atoms with E-state index >= 15 is 0 Å². The van der Waals surface area contributed by atoms with E-state index in [0.717, 1.165) is 47.9 Å². The van der Waals surface area contributed by atoms with Crippen LogP contribution in [0, 0.1) is 0 Å². The predicted octanol–water partition coefficient (Wildman–Crippen LogP) is 6.76. The summed E-state index contributed by atoms with van der Waals surface area (Å²) in [5, 5.41) is 19.7. The van der Waals surface area contributed by atoms with Crippen molar-refractivity contribution in [3.63, 3.8) is 0 Å². The molecule has 11 nitrogen and oxygen atoms in total. The molecule has 0 unspecified atom stereocenters. The number of carboxylic acids is 1. The smallest absolute Gasteiger partial charge is 0.300 e. The van der Waals surface area contributed by atoms with E-state index in [1.807, 2.05) is 41.1 Å². The molecule has 2 aromatic carbocycles. The molecule has 3 aromatic heterocycles. The molecule has 1 amide bonds. The molecule has 6 rings (SSSR count). The van der Waals surface area contributed by atoms with E-state index in [2.05, 4.69) is 15.6 Å². The van der Waals surface area contributed by atoms with Crippen molar-refractivity contribution in [3.05, 3.63) is 96.3 Å². The van der Waals surface area contributed by atoms with Gasteiger partial charge in [0, 0.05) is 37.0 Å². The Morgan fingerprint density at radius 1 is 0.911 bits per heavy atom. The average Bonchev–Trinajstić information content (AvgIpc) is 3.39. The molecule has 0 aliphatic heterocycles. The summed E-state index contributed by atoms with van der Waals surface area (Å²) in [6, 6.07) is 22.6. The van der Waals surface area contributed by atoms with Crippen LogP contribution in [-0.4, -0.2) is 49.9 Å². The first-order valence-electron chi connectivity index (χ1n) is 14.8. The Labute approximate surface area is 261 Å². The van der Waals surface area contributed by atoms with Crippen LogP contribution in [0.25, 0.3) is 11.0 Å². The monoisotopic (exact) mass is 608 g/mol. The predicted molar refractivity (Wildman–Crippen MR) is 172 cm³/mol. The molecule has 45 heavy (non-hydrogen) atoms. The first kappa shape index (κ1) is 31.0. The lowest BCUT2D eigenvalue weighted by Crippen LogP contribution is -2.22. The van der Waals surface area contributed by atoms with E-state index in [1.54, 1.807) is 55.9 Å². The normalized spacial score (nSPS) is 12.9. The maximum absolute atomic E-state index is 12.7. The number of hydrogen-bond acceptors (Lipinski definition) is 8. The Bertz CT molecular complexity index is 1710. The SMILES string of the molecule is CC(=O)O.COc1ccc(Cn2nc(NC3CCCCC3)c3c(Oc4ccc(C(=O)Nc5ccccn5)cc4)ccnc32)cc1. The fourth-order valence-corrected chi connectivity index (χ4v) is 5.14. The summed E-state index contributed by atoms with van der Waals surface area (Å²) in [6.45, 7) is 1.64. The Balaban J connectivity index is 0.000000945. The zero-order chi connectivity index (χ0) is 31.6. The highest BCUT2D eigenvalue weighted by molar-refractivity contribution is 6.03. The van der Waals surface area contributed by atoms with E-state index in [-0.39, 0.29) is 5.91 Å². The summed E-state index contributed by atoms with van der Waals surface area (Å²) in [5.74, 6) is 2.28. The molecular formula is C34H36N6O5. The number of aliphatic carboxylic acids is 1. The molecule has 11 heteroatoms. The molecule has 0 saturated heterocycles. The lowest BCUT2D eigenvalue weighted by molar-refractivity contribution is -0.134. The number of nitrogens with zero attached hydrogens (tertiary/aromatic N) is 4. The van der Waals surface area contributed by atoms with Crippen molar-refractivity contribution < 1.29 is 24.2 Å². The van der Waals surface area contributed by atoms with Gasteiger partial charge in [0.1, 0.15) is 28.5 Å². The number of hydrogen-bond donors (Lipinski definition) is 3. The first-order valence-corrected chi connectivity index (χ1v) is 14.8. The van der Waals surface area contributed by atoms with E-state index in [9.17, 15) is 4.79 Å². The second kappa shape index (κ2) is 14.8. The van der Waals surface area contributed by atoms with Crippen LogP contribution in [0.2, 0.25) is 0 Å². The molecule has 1 aliphatic rings. The number of fused-ring (bicyclic) bond motifs is 1. The lowest BCUT2D eigenvalue weighted by Gasteiger charge is -2.22. The molecule has 0 spiro atoms. The van der Waals surface area contributed by atoms with Gasteiger partial charge in [0.05, 0.1) is 13.7 Å². The van der Waals surface area contributed by atoms with Crippen LogP contribution in [0.1, 0.15) is 54.9 Å². The number of carboxylic acid groups (broad SMARTS) is 1. The summed E-state index contributed by atoms with van der Waals surface area (Å²) >= 11 is 0. The van der Waals surface area contributed by atoms with Crippen molar-refractivity contribution >= 4 is 34.5 Å². The third kappa shape index (κ3) is 8.35. The van der Waals surface area contributed by atoms with Crippen LogP contribution in [0.15, 0.2) is 85.2 Å². The summed E-state index contributed by atoms with van der Waals surface area (Å²) in [4.78, 5) is 30.5. The number of carbonyl (C=O) groups excluding carboxylic acids is 1. The molecule has 3 heterocycles. The van der Waals surface area contributed by atoms with Crippen molar-refractivity contribution in [2.75, 3.05) is 17.7 Å². The van der Waals surface area contributed by atoms with Crippen molar-refractivity contribution in [3.8, 4) is 17.2 Å². The topological polar surface area (TPSA) is 140 Å². The molecule has 3 N–H and O–H groups in total. The largest absolute Gasteiger partial charge is 0.497 e. The average molecular weight is 609 g/mol. The standard InChI is InChI=1S/C32H32N6O3.C2H4O2/c1-40-25-14-10-22(11-15-25)21-38-31-29(30(37-38)35-24-7-3-2-4-8-24)27(18-20-34-31)41-26-16-12-23(13-17-26)32(39)36-28-9-5-6-19-33-28;1-2(3)4/h5-6,9-20,24H,2-4,7-8,21H2,1H3,(H,35,37)(H,33,36,39);1H3,(H,3,4). The van der Waals surface area contributed by atoms with Gasteiger partial charge in [-0.15, -0.1) is 0 Å². The van der Waals surface area contributed by atoms with Gasteiger partial charge in [0.2, 0.25) is 0 Å². The van der Waals surface area contributed by atoms with E-state index in [4.69, 9.17) is 29.5 Å². The maximum atomic E-state index is 12.7. The van der Waals surface area contributed by atoms with Crippen LogP contribution in [0.3, 0.4) is 0 Å². The van der Waals surface area contributed by atoms with Gasteiger partial charge in [-0.3, -0.25) is 9.59 Å². The number of pyridine rings is 2. The van der Waals surface area contributed by atoms with Gasteiger partial charge < -0.3 is 25.2 Å². The minimum Gasteiger partial charge on any atom is -0.497 e. The highest BCUT2D eigenvalue weighted by Crippen LogP contribution is 2.36.